The Labute approximate surface area is 130 Å². The molecule has 1 fully saturated rings. The van der Waals surface area contributed by atoms with Crippen LogP contribution < -0.4 is 0 Å². The number of hydrogen-bond acceptors (Lipinski definition) is 2. The SMILES string of the molecule is CC1=C(CCC(C)CO)[C@]2(C)CC[C@@H](O)C(C)(C)[C@H]2CC1. The van der Waals surface area contributed by atoms with Crippen molar-refractivity contribution in [3.05, 3.63) is 11.1 Å². The molecule has 122 valence electrons. The van der Waals surface area contributed by atoms with Crippen molar-refractivity contribution in [1.82, 2.24) is 0 Å². The van der Waals surface area contributed by atoms with Crippen molar-refractivity contribution in [3.63, 3.8) is 0 Å². The van der Waals surface area contributed by atoms with Gasteiger partial charge in [-0.05, 0) is 68.1 Å². The number of allylic oxidation sites excluding steroid dienone is 2. The van der Waals surface area contributed by atoms with Crippen LogP contribution in [0, 0.1) is 22.7 Å². The molecule has 0 spiro atoms. The van der Waals surface area contributed by atoms with Gasteiger partial charge in [-0.3, -0.25) is 0 Å². The molecule has 0 bridgehead atoms. The lowest BCUT2D eigenvalue weighted by molar-refractivity contribution is -0.0895. The summed E-state index contributed by atoms with van der Waals surface area (Å²) < 4.78 is 0. The Hall–Kier alpha value is -0.340. The highest BCUT2D eigenvalue weighted by Crippen LogP contribution is 2.60. The Balaban J connectivity index is 2.27. The molecule has 21 heavy (non-hydrogen) atoms. The number of aliphatic hydroxyl groups excluding tert-OH is 2. The van der Waals surface area contributed by atoms with Gasteiger partial charge in [-0.2, -0.15) is 0 Å². The fourth-order valence-corrected chi connectivity index (χ4v) is 5.07. The summed E-state index contributed by atoms with van der Waals surface area (Å²) in [5.41, 5.74) is 3.48. The molecule has 0 aromatic carbocycles. The first-order valence-electron chi connectivity index (χ1n) is 8.71. The van der Waals surface area contributed by atoms with Crippen LogP contribution in [0.25, 0.3) is 0 Å². The summed E-state index contributed by atoms with van der Waals surface area (Å²) in [6, 6.07) is 0. The van der Waals surface area contributed by atoms with Gasteiger partial charge in [0.05, 0.1) is 6.10 Å². The lowest BCUT2D eigenvalue weighted by Gasteiger charge is -2.57. The smallest absolute Gasteiger partial charge is 0.0594 e. The van der Waals surface area contributed by atoms with Crippen LogP contribution >= 0.6 is 0 Å². The standard InChI is InChI=1S/C19H34O2/c1-13(12-20)6-8-15-14(2)7-9-16-18(3,4)17(21)10-11-19(15,16)5/h13,16-17,20-21H,6-12H2,1-5H3/t13?,16-,17-,19+/m1/s1. The highest BCUT2D eigenvalue weighted by atomic mass is 16.3. The number of fused-ring (bicyclic) bond motifs is 1. The van der Waals surface area contributed by atoms with Crippen LogP contribution in [0.1, 0.15) is 73.1 Å². The van der Waals surface area contributed by atoms with Crippen LogP contribution in [0.3, 0.4) is 0 Å². The fourth-order valence-electron chi connectivity index (χ4n) is 5.07. The Morgan fingerprint density at radius 2 is 1.90 bits per heavy atom. The summed E-state index contributed by atoms with van der Waals surface area (Å²) in [5, 5.41) is 19.7. The monoisotopic (exact) mass is 294 g/mol. The van der Waals surface area contributed by atoms with Crippen molar-refractivity contribution in [3.8, 4) is 0 Å². The predicted molar refractivity (Wildman–Crippen MR) is 88.0 cm³/mol. The van der Waals surface area contributed by atoms with E-state index in [-0.39, 0.29) is 23.5 Å². The molecule has 0 radical (unpaired) electrons. The van der Waals surface area contributed by atoms with Crippen LogP contribution in [0.2, 0.25) is 0 Å². The number of rotatable bonds is 4. The van der Waals surface area contributed by atoms with E-state index in [4.69, 9.17) is 0 Å². The molecule has 2 aliphatic carbocycles. The summed E-state index contributed by atoms with van der Waals surface area (Å²) in [6.07, 6.45) is 6.47. The van der Waals surface area contributed by atoms with Gasteiger partial charge in [0.1, 0.15) is 0 Å². The van der Waals surface area contributed by atoms with Crippen LogP contribution in [0.15, 0.2) is 11.1 Å². The molecule has 0 saturated heterocycles. The Kier molecular flexibility index (Phi) is 4.90. The zero-order valence-electron chi connectivity index (χ0n) is 14.6. The van der Waals surface area contributed by atoms with Gasteiger partial charge in [0.2, 0.25) is 0 Å². The van der Waals surface area contributed by atoms with Crippen molar-refractivity contribution < 1.29 is 10.2 Å². The van der Waals surface area contributed by atoms with Crippen molar-refractivity contribution in [2.24, 2.45) is 22.7 Å². The molecule has 0 amide bonds. The number of hydrogen-bond donors (Lipinski definition) is 2. The molecule has 0 aromatic heterocycles. The van der Waals surface area contributed by atoms with Crippen LogP contribution in [-0.2, 0) is 0 Å². The minimum Gasteiger partial charge on any atom is -0.396 e. The molecule has 2 N–H and O–H groups in total. The first kappa shape index (κ1) is 17.0. The summed E-state index contributed by atoms with van der Waals surface area (Å²) in [7, 11) is 0. The van der Waals surface area contributed by atoms with E-state index in [1.165, 1.54) is 12.8 Å². The van der Waals surface area contributed by atoms with E-state index in [0.717, 1.165) is 25.7 Å². The highest BCUT2D eigenvalue weighted by Gasteiger charge is 2.53. The van der Waals surface area contributed by atoms with E-state index in [2.05, 4.69) is 34.6 Å². The second-order valence-electron chi connectivity index (χ2n) is 8.47. The topological polar surface area (TPSA) is 40.5 Å². The third-order valence-corrected chi connectivity index (χ3v) is 6.67. The van der Waals surface area contributed by atoms with E-state index in [1.54, 1.807) is 11.1 Å². The lowest BCUT2D eigenvalue weighted by Crippen LogP contribution is -2.52. The lowest BCUT2D eigenvalue weighted by atomic mass is 9.49. The summed E-state index contributed by atoms with van der Waals surface area (Å²) in [4.78, 5) is 0. The second kappa shape index (κ2) is 6.04. The Morgan fingerprint density at radius 3 is 2.52 bits per heavy atom. The van der Waals surface area contributed by atoms with Crippen molar-refractivity contribution in [2.45, 2.75) is 79.2 Å². The van der Waals surface area contributed by atoms with E-state index in [0.29, 0.717) is 11.8 Å². The molecule has 2 aliphatic rings. The maximum atomic E-state index is 10.4. The Morgan fingerprint density at radius 1 is 1.24 bits per heavy atom. The minimum absolute atomic E-state index is 0.0154. The van der Waals surface area contributed by atoms with Gasteiger partial charge in [0, 0.05) is 6.61 Å². The molecule has 2 nitrogen and oxygen atoms in total. The first-order valence-corrected chi connectivity index (χ1v) is 8.71. The zero-order valence-corrected chi connectivity index (χ0v) is 14.6. The van der Waals surface area contributed by atoms with Crippen molar-refractivity contribution in [2.75, 3.05) is 6.61 Å². The molecule has 2 rings (SSSR count). The molecule has 4 atom stereocenters. The van der Waals surface area contributed by atoms with Gasteiger partial charge in [0.25, 0.3) is 0 Å². The molecule has 0 heterocycles. The van der Waals surface area contributed by atoms with Gasteiger partial charge in [-0.25, -0.2) is 0 Å². The van der Waals surface area contributed by atoms with Crippen LogP contribution in [-0.4, -0.2) is 22.9 Å². The maximum absolute atomic E-state index is 10.4. The summed E-state index contributed by atoms with van der Waals surface area (Å²) in [6.45, 7) is 11.7. The van der Waals surface area contributed by atoms with Gasteiger partial charge >= 0.3 is 0 Å². The van der Waals surface area contributed by atoms with Gasteiger partial charge in [0.15, 0.2) is 0 Å². The minimum atomic E-state index is -0.161. The average molecular weight is 294 g/mol. The maximum Gasteiger partial charge on any atom is 0.0594 e. The third kappa shape index (κ3) is 2.94. The van der Waals surface area contributed by atoms with Crippen molar-refractivity contribution >= 4 is 0 Å². The van der Waals surface area contributed by atoms with E-state index in [9.17, 15) is 10.2 Å². The molecular weight excluding hydrogens is 260 g/mol. The van der Waals surface area contributed by atoms with Crippen LogP contribution in [0.5, 0.6) is 0 Å². The van der Waals surface area contributed by atoms with Crippen molar-refractivity contribution in [1.29, 1.82) is 0 Å². The zero-order chi connectivity index (χ0) is 15.8. The largest absolute Gasteiger partial charge is 0.396 e. The van der Waals surface area contributed by atoms with Crippen LogP contribution in [0.4, 0.5) is 0 Å². The van der Waals surface area contributed by atoms with Gasteiger partial charge in [-0.1, -0.05) is 38.8 Å². The van der Waals surface area contributed by atoms with Gasteiger partial charge in [-0.15, -0.1) is 0 Å². The van der Waals surface area contributed by atoms with Gasteiger partial charge < -0.3 is 10.2 Å². The molecule has 0 aliphatic heterocycles. The molecule has 1 saturated carbocycles. The quantitative estimate of drug-likeness (QED) is 0.759. The third-order valence-electron chi connectivity index (χ3n) is 6.67. The second-order valence-corrected chi connectivity index (χ2v) is 8.47. The van der Waals surface area contributed by atoms with E-state index < -0.39 is 0 Å². The normalized spacial score (nSPS) is 37.3. The first-order chi connectivity index (χ1) is 9.73. The summed E-state index contributed by atoms with van der Waals surface area (Å²) >= 11 is 0. The molecule has 0 aromatic rings. The number of aliphatic hydroxyl groups is 2. The molecule has 1 unspecified atom stereocenters. The highest BCUT2D eigenvalue weighted by molar-refractivity contribution is 5.28. The Bertz CT molecular complexity index is 410. The fraction of sp³-hybridized carbons (Fsp3) is 0.895. The van der Waals surface area contributed by atoms with E-state index in [1.807, 2.05) is 0 Å². The van der Waals surface area contributed by atoms with E-state index >= 15 is 0 Å². The molecule has 2 heteroatoms. The molecular formula is C19H34O2. The average Bonchev–Trinajstić information content (AvgIpc) is 2.42. The predicted octanol–water partition coefficient (Wildman–Crippen LogP) is 4.31. The summed E-state index contributed by atoms with van der Waals surface area (Å²) in [5.74, 6) is 0.966.